The van der Waals surface area contributed by atoms with Crippen LogP contribution in [0, 0.1) is 5.82 Å². The van der Waals surface area contributed by atoms with Crippen LogP contribution in [0.15, 0.2) is 18.2 Å². The third kappa shape index (κ3) is 5.36. The fraction of sp³-hybridized carbons (Fsp3) is 0.600. The van der Waals surface area contributed by atoms with Crippen LogP contribution in [-0.4, -0.2) is 12.6 Å². The molecule has 3 heteroatoms. The smallest absolute Gasteiger partial charge is 0.127 e. The molecule has 0 saturated heterocycles. The topological polar surface area (TPSA) is 12.0 Å². The molecule has 1 N–H and O–H groups in total. The quantitative estimate of drug-likeness (QED) is 0.730. The molecule has 0 aliphatic rings. The molecule has 0 aliphatic carbocycles. The monoisotopic (exact) mass is 271 g/mol. The Morgan fingerprint density at radius 2 is 2.06 bits per heavy atom. The van der Waals surface area contributed by atoms with Gasteiger partial charge >= 0.3 is 0 Å². The van der Waals surface area contributed by atoms with Gasteiger partial charge in [-0.1, -0.05) is 44.4 Å². The molecule has 0 radical (unpaired) electrons. The molecule has 0 heterocycles. The summed E-state index contributed by atoms with van der Waals surface area (Å²) in [7, 11) is 0. The highest BCUT2D eigenvalue weighted by Gasteiger charge is 2.11. The van der Waals surface area contributed by atoms with Gasteiger partial charge in [0.2, 0.25) is 0 Å². The summed E-state index contributed by atoms with van der Waals surface area (Å²) < 4.78 is 13.7. The lowest BCUT2D eigenvalue weighted by Gasteiger charge is -2.18. The van der Waals surface area contributed by atoms with E-state index in [1.807, 2.05) is 0 Å². The second kappa shape index (κ2) is 8.49. The maximum absolute atomic E-state index is 13.7. The molecule has 1 aromatic rings. The zero-order chi connectivity index (χ0) is 13.4. The van der Waals surface area contributed by atoms with Crippen molar-refractivity contribution in [2.45, 2.75) is 52.0 Å². The van der Waals surface area contributed by atoms with Crippen molar-refractivity contribution in [1.29, 1.82) is 0 Å². The molecule has 0 spiro atoms. The van der Waals surface area contributed by atoms with Gasteiger partial charge in [0, 0.05) is 11.1 Å². The minimum absolute atomic E-state index is 0.192. The first-order chi connectivity index (χ1) is 8.67. The highest BCUT2D eigenvalue weighted by Crippen LogP contribution is 2.17. The fourth-order valence-corrected chi connectivity index (χ4v) is 2.19. The average molecular weight is 272 g/mol. The van der Waals surface area contributed by atoms with Crippen molar-refractivity contribution in [3.8, 4) is 0 Å². The van der Waals surface area contributed by atoms with Gasteiger partial charge in [0.15, 0.2) is 0 Å². The van der Waals surface area contributed by atoms with E-state index in [1.165, 1.54) is 18.9 Å². The predicted octanol–water partition coefficient (Wildman–Crippen LogP) is 4.58. The third-order valence-electron chi connectivity index (χ3n) is 3.07. The van der Waals surface area contributed by atoms with Crippen LogP contribution in [0.25, 0.3) is 0 Å². The Hall–Kier alpha value is -0.600. The molecule has 0 aliphatic heterocycles. The number of hydrogen-bond acceptors (Lipinski definition) is 1. The van der Waals surface area contributed by atoms with E-state index in [1.54, 1.807) is 12.1 Å². The minimum atomic E-state index is -0.192. The first-order valence-electron chi connectivity index (χ1n) is 6.84. The van der Waals surface area contributed by atoms with Gasteiger partial charge in [-0.2, -0.15) is 0 Å². The van der Waals surface area contributed by atoms with E-state index in [4.69, 9.17) is 11.6 Å². The van der Waals surface area contributed by atoms with Gasteiger partial charge in [0.1, 0.15) is 5.82 Å². The van der Waals surface area contributed by atoms with Crippen LogP contribution in [0.1, 0.15) is 45.1 Å². The lowest BCUT2D eigenvalue weighted by molar-refractivity contribution is 0.454. The van der Waals surface area contributed by atoms with E-state index in [2.05, 4.69) is 19.2 Å². The summed E-state index contributed by atoms with van der Waals surface area (Å²) in [6, 6.07) is 5.31. The molecule has 102 valence electrons. The molecular weight excluding hydrogens is 249 g/mol. The number of unbranched alkanes of at least 4 members (excludes halogenated alkanes) is 1. The van der Waals surface area contributed by atoms with Crippen molar-refractivity contribution in [2.24, 2.45) is 0 Å². The fourth-order valence-electron chi connectivity index (χ4n) is 2.03. The third-order valence-corrected chi connectivity index (χ3v) is 3.31. The predicted molar refractivity (Wildman–Crippen MR) is 76.7 cm³/mol. The van der Waals surface area contributed by atoms with E-state index in [-0.39, 0.29) is 5.82 Å². The van der Waals surface area contributed by atoms with Gasteiger partial charge in [-0.25, -0.2) is 4.39 Å². The van der Waals surface area contributed by atoms with Gasteiger partial charge in [-0.15, -0.1) is 0 Å². The molecule has 0 saturated carbocycles. The van der Waals surface area contributed by atoms with Gasteiger partial charge in [-0.3, -0.25) is 0 Å². The van der Waals surface area contributed by atoms with Crippen LogP contribution < -0.4 is 5.32 Å². The first kappa shape index (κ1) is 15.5. The van der Waals surface area contributed by atoms with E-state index < -0.39 is 0 Å². The second-order valence-corrected chi connectivity index (χ2v) is 5.17. The van der Waals surface area contributed by atoms with Crippen LogP contribution in [-0.2, 0) is 6.42 Å². The molecule has 1 unspecified atom stereocenters. The zero-order valence-electron chi connectivity index (χ0n) is 11.3. The van der Waals surface area contributed by atoms with Gasteiger partial charge < -0.3 is 5.32 Å². The number of rotatable bonds is 8. The Balaban J connectivity index is 2.62. The SMILES string of the molecule is CCCCC(Cc1ccc(Cl)cc1F)NCCC. The highest BCUT2D eigenvalue weighted by atomic mass is 35.5. The van der Waals surface area contributed by atoms with Crippen molar-refractivity contribution in [2.75, 3.05) is 6.54 Å². The van der Waals surface area contributed by atoms with E-state index in [0.717, 1.165) is 31.4 Å². The van der Waals surface area contributed by atoms with Crippen LogP contribution in [0.2, 0.25) is 5.02 Å². The summed E-state index contributed by atoms with van der Waals surface area (Å²) in [5.74, 6) is -0.192. The molecule has 0 aromatic heterocycles. The van der Waals surface area contributed by atoms with Crippen LogP contribution in [0.4, 0.5) is 4.39 Å². The summed E-state index contributed by atoms with van der Waals surface area (Å²) in [6.07, 6.45) is 5.29. The average Bonchev–Trinajstić information content (AvgIpc) is 2.35. The first-order valence-corrected chi connectivity index (χ1v) is 7.22. The van der Waals surface area contributed by atoms with Gasteiger partial charge in [0.25, 0.3) is 0 Å². The van der Waals surface area contributed by atoms with E-state index >= 15 is 0 Å². The number of halogens is 2. The zero-order valence-corrected chi connectivity index (χ0v) is 12.1. The van der Waals surface area contributed by atoms with Gasteiger partial charge in [0.05, 0.1) is 0 Å². The van der Waals surface area contributed by atoms with Crippen molar-refractivity contribution >= 4 is 11.6 Å². The molecule has 0 fully saturated rings. The molecule has 1 atom stereocenters. The summed E-state index contributed by atoms with van der Waals surface area (Å²) in [4.78, 5) is 0. The molecule has 1 nitrogen and oxygen atoms in total. The van der Waals surface area contributed by atoms with Crippen LogP contribution in [0.3, 0.4) is 0 Å². The summed E-state index contributed by atoms with van der Waals surface area (Å²) >= 11 is 5.77. The summed E-state index contributed by atoms with van der Waals surface area (Å²) in [5, 5.41) is 3.96. The number of nitrogens with one attached hydrogen (secondary N) is 1. The lowest BCUT2D eigenvalue weighted by atomic mass is 10.0. The summed E-state index contributed by atoms with van der Waals surface area (Å²) in [6.45, 7) is 5.32. The standard InChI is InChI=1S/C15H23ClFN/c1-3-5-6-14(18-9-4-2)10-12-7-8-13(16)11-15(12)17/h7-8,11,14,18H,3-6,9-10H2,1-2H3. The Morgan fingerprint density at radius 3 is 2.67 bits per heavy atom. The lowest BCUT2D eigenvalue weighted by Crippen LogP contribution is -2.32. The second-order valence-electron chi connectivity index (χ2n) is 4.73. The molecule has 1 rings (SSSR count). The Labute approximate surface area is 115 Å². The van der Waals surface area contributed by atoms with Crippen molar-refractivity contribution in [3.05, 3.63) is 34.6 Å². The maximum atomic E-state index is 13.7. The molecule has 1 aromatic carbocycles. The van der Waals surface area contributed by atoms with E-state index in [9.17, 15) is 4.39 Å². The van der Waals surface area contributed by atoms with Gasteiger partial charge in [-0.05, 0) is 43.5 Å². The minimum Gasteiger partial charge on any atom is -0.314 e. The largest absolute Gasteiger partial charge is 0.314 e. The van der Waals surface area contributed by atoms with Crippen molar-refractivity contribution < 1.29 is 4.39 Å². The Kier molecular flexibility index (Phi) is 7.29. The van der Waals surface area contributed by atoms with Crippen LogP contribution in [0.5, 0.6) is 0 Å². The normalized spacial score (nSPS) is 12.7. The van der Waals surface area contributed by atoms with Crippen LogP contribution >= 0.6 is 11.6 Å². The molecular formula is C15H23ClFN. The van der Waals surface area contributed by atoms with Crippen molar-refractivity contribution in [3.63, 3.8) is 0 Å². The van der Waals surface area contributed by atoms with E-state index in [0.29, 0.717) is 11.1 Å². The Bertz CT molecular complexity index is 346. The van der Waals surface area contributed by atoms with Crippen molar-refractivity contribution in [1.82, 2.24) is 5.32 Å². The highest BCUT2D eigenvalue weighted by molar-refractivity contribution is 6.30. The summed E-state index contributed by atoms with van der Waals surface area (Å²) in [5.41, 5.74) is 0.754. The number of hydrogen-bond donors (Lipinski definition) is 1. The molecule has 0 amide bonds. The molecule has 0 bridgehead atoms. The molecule has 18 heavy (non-hydrogen) atoms. The number of benzene rings is 1. The Morgan fingerprint density at radius 1 is 1.28 bits per heavy atom. The maximum Gasteiger partial charge on any atom is 0.127 e.